The third-order valence-electron chi connectivity index (χ3n) is 4.96. The average molecular weight is 336 g/mol. The molecule has 0 saturated carbocycles. The van der Waals surface area contributed by atoms with E-state index in [0.717, 1.165) is 38.9 Å². The highest BCUT2D eigenvalue weighted by Crippen LogP contribution is 2.15. The number of rotatable bonds is 6. The summed E-state index contributed by atoms with van der Waals surface area (Å²) in [5.41, 5.74) is 3.90. The summed E-state index contributed by atoms with van der Waals surface area (Å²) >= 11 is 0. The number of benzene rings is 2. The van der Waals surface area contributed by atoms with Gasteiger partial charge in [0.05, 0.1) is 0 Å². The second kappa shape index (κ2) is 8.82. The molecule has 132 valence electrons. The smallest absolute Gasteiger partial charge is 0.220 e. The van der Waals surface area contributed by atoms with Crippen LogP contribution < -0.4 is 5.32 Å². The van der Waals surface area contributed by atoms with Crippen molar-refractivity contribution in [2.24, 2.45) is 0 Å². The summed E-state index contributed by atoms with van der Waals surface area (Å²) in [5.74, 6) is 0.181. The zero-order valence-electron chi connectivity index (χ0n) is 15.1. The molecular formula is C22H28N2O. The van der Waals surface area contributed by atoms with E-state index in [1.807, 2.05) is 18.2 Å². The molecule has 1 saturated heterocycles. The lowest BCUT2D eigenvalue weighted by molar-refractivity contribution is -0.122. The average Bonchev–Trinajstić information content (AvgIpc) is 2.64. The van der Waals surface area contributed by atoms with E-state index in [9.17, 15) is 4.79 Å². The highest BCUT2D eigenvalue weighted by molar-refractivity contribution is 5.76. The van der Waals surface area contributed by atoms with Crippen molar-refractivity contribution in [3.05, 3.63) is 71.3 Å². The molecule has 3 heteroatoms. The minimum Gasteiger partial charge on any atom is -0.353 e. The Balaban J connectivity index is 1.37. The summed E-state index contributed by atoms with van der Waals surface area (Å²) in [5, 5.41) is 3.22. The molecule has 1 N–H and O–H groups in total. The Morgan fingerprint density at radius 3 is 2.36 bits per heavy atom. The first-order chi connectivity index (χ1) is 12.2. The fourth-order valence-corrected chi connectivity index (χ4v) is 3.39. The molecule has 2 aromatic carbocycles. The van der Waals surface area contributed by atoms with Crippen molar-refractivity contribution in [1.29, 1.82) is 0 Å². The van der Waals surface area contributed by atoms with Crippen molar-refractivity contribution in [2.75, 3.05) is 13.1 Å². The van der Waals surface area contributed by atoms with E-state index in [-0.39, 0.29) is 5.91 Å². The Bertz CT molecular complexity index is 658. The first-order valence-corrected chi connectivity index (χ1v) is 9.30. The Morgan fingerprint density at radius 1 is 1.00 bits per heavy atom. The summed E-state index contributed by atoms with van der Waals surface area (Å²) in [6, 6.07) is 19.3. The van der Waals surface area contributed by atoms with E-state index in [0.29, 0.717) is 12.5 Å². The predicted octanol–water partition coefficient (Wildman–Crippen LogP) is 3.71. The molecule has 0 spiro atoms. The molecule has 0 radical (unpaired) electrons. The van der Waals surface area contributed by atoms with Crippen LogP contribution in [-0.4, -0.2) is 29.9 Å². The summed E-state index contributed by atoms with van der Waals surface area (Å²) in [6.45, 7) is 5.24. The zero-order chi connectivity index (χ0) is 17.5. The van der Waals surface area contributed by atoms with E-state index in [4.69, 9.17) is 0 Å². The van der Waals surface area contributed by atoms with E-state index in [1.54, 1.807) is 0 Å². The number of hydrogen-bond donors (Lipinski definition) is 1. The van der Waals surface area contributed by atoms with E-state index in [1.165, 1.54) is 16.7 Å². The van der Waals surface area contributed by atoms with Gasteiger partial charge in [-0.1, -0.05) is 60.2 Å². The monoisotopic (exact) mass is 336 g/mol. The van der Waals surface area contributed by atoms with Crippen molar-refractivity contribution in [2.45, 2.75) is 45.2 Å². The van der Waals surface area contributed by atoms with Crippen LogP contribution in [-0.2, 0) is 17.8 Å². The number of piperidine rings is 1. The van der Waals surface area contributed by atoms with Gasteiger partial charge in [-0.25, -0.2) is 0 Å². The summed E-state index contributed by atoms with van der Waals surface area (Å²) in [4.78, 5) is 14.6. The maximum Gasteiger partial charge on any atom is 0.220 e. The molecular weight excluding hydrogens is 308 g/mol. The van der Waals surface area contributed by atoms with Crippen LogP contribution in [0, 0.1) is 6.92 Å². The molecule has 3 rings (SSSR count). The standard InChI is InChI=1S/C22H28N2O/c1-18-7-9-20(10-8-18)17-24-15-13-21(14-16-24)23-22(25)12-11-19-5-3-2-4-6-19/h2-10,21H,11-17H2,1H3,(H,23,25). The first kappa shape index (κ1) is 17.7. The third-order valence-corrected chi connectivity index (χ3v) is 4.96. The van der Waals surface area contributed by atoms with Gasteiger partial charge in [-0.05, 0) is 37.3 Å². The van der Waals surface area contributed by atoms with Crippen molar-refractivity contribution in [3.63, 3.8) is 0 Å². The van der Waals surface area contributed by atoms with Gasteiger partial charge in [-0.3, -0.25) is 9.69 Å². The number of aryl methyl sites for hydroxylation is 2. The highest BCUT2D eigenvalue weighted by atomic mass is 16.1. The predicted molar refractivity (Wildman–Crippen MR) is 102 cm³/mol. The quantitative estimate of drug-likeness (QED) is 0.872. The first-order valence-electron chi connectivity index (χ1n) is 9.30. The molecule has 1 fully saturated rings. The van der Waals surface area contributed by atoms with Crippen LogP contribution in [0.3, 0.4) is 0 Å². The van der Waals surface area contributed by atoms with Crippen LogP contribution in [0.25, 0.3) is 0 Å². The summed E-state index contributed by atoms with van der Waals surface area (Å²) in [7, 11) is 0. The number of nitrogens with zero attached hydrogens (tertiary/aromatic N) is 1. The molecule has 0 bridgehead atoms. The molecule has 0 unspecified atom stereocenters. The topological polar surface area (TPSA) is 32.3 Å². The molecule has 1 heterocycles. The fraction of sp³-hybridized carbons (Fsp3) is 0.409. The largest absolute Gasteiger partial charge is 0.353 e. The van der Waals surface area contributed by atoms with Crippen LogP contribution in [0.5, 0.6) is 0 Å². The summed E-state index contributed by atoms with van der Waals surface area (Å²) < 4.78 is 0. The van der Waals surface area contributed by atoms with Gasteiger partial charge in [0.1, 0.15) is 0 Å². The van der Waals surface area contributed by atoms with Crippen LogP contribution in [0.15, 0.2) is 54.6 Å². The normalized spacial score (nSPS) is 15.9. The Hall–Kier alpha value is -2.13. The van der Waals surface area contributed by atoms with Crippen LogP contribution in [0.1, 0.15) is 36.0 Å². The molecule has 1 aliphatic heterocycles. The van der Waals surface area contributed by atoms with Gasteiger partial charge in [0.15, 0.2) is 0 Å². The third kappa shape index (κ3) is 5.71. The molecule has 0 aliphatic carbocycles. The molecule has 0 aromatic heterocycles. The second-order valence-electron chi connectivity index (χ2n) is 7.09. The number of hydrogen-bond acceptors (Lipinski definition) is 2. The molecule has 25 heavy (non-hydrogen) atoms. The number of nitrogens with one attached hydrogen (secondary N) is 1. The molecule has 1 amide bonds. The van der Waals surface area contributed by atoms with Crippen LogP contribution >= 0.6 is 0 Å². The SMILES string of the molecule is Cc1ccc(CN2CCC(NC(=O)CCc3ccccc3)CC2)cc1. The number of carbonyl (C=O) groups is 1. The van der Waals surface area contributed by atoms with E-state index >= 15 is 0 Å². The van der Waals surface area contributed by atoms with Gasteiger partial charge in [0.2, 0.25) is 5.91 Å². The molecule has 0 atom stereocenters. The Labute approximate surface area is 151 Å². The maximum absolute atomic E-state index is 12.2. The van der Waals surface area contributed by atoms with Gasteiger partial charge in [-0.2, -0.15) is 0 Å². The van der Waals surface area contributed by atoms with Crippen molar-refractivity contribution in [1.82, 2.24) is 10.2 Å². The molecule has 3 nitrogen and oxygen atoms in total. The van der Waals surface area contributed by atoms with Crippen LogP contribution in [0.2, 0.25) is 0 Å². The minimum absolute atomic E-state index is 0.181. The van der Waals surface area contributed by atoms with E-state index < -0.39 is 0 Å². The highest BCUT2D eigenvalue weighted by Gasteiger charge is 2.20. The summed E-state index contributed by atoms with van der Waals surface area (Å²) in [6.07, 6.45) is 3.48. The Kier molecular flexibility index (Phi) is 6.24. The number of amides is 1. The fourth-order valence-electron chi connectivity index (χ4n) is 3.39. The minimum atomic E-state index is 0.181. The number of likely N-dealkylation sites (tertiary alicyclic amines) is 1. The van der Waals surface area contributed by atoms with Crippen molar-refractivity contribution < 1.29 is 4.79 Å². The molecule has 1 aliphatic rings. The van der Waals surface area contributed by atoms with Gasteiger partial charge in [-0.15, -0.1) is 0 Å². The lowest BCUT2D eigenvalue weighted by Gasteiger charge is -2.32. The lowest BCUT2D eigenvalue weighted by Crippen LogP contribution is -2.44. The Morgan fingerprint density at radius 2 is 1.68 bits per heavy atom. The zero-order valence-corrected chi connectivity index (χ0v) is 15.1. The van der Waals surface area contributed by atoms with Crippen molar-refractivity contribution in [3.8, 4) is 0 Å². The lowest BCUT2D eigenvalue weighted by atomic mass is 10.0. The number of carbonyl (C=O) groups excluding carboxylic acids is 1. The maximum atomic E-state index is 12.2. The van der Waals surface area contributed by atoms with Gasteiger partial charge >= 0.3 is 0 Å². The molecule has 2 aromatic rings. The van der Waals surface area contributed by atoms with Crippen LogP contribution in [0.4, 0.5) is 0 Å². The van der Waals surface area contributed by atoms with Gasteiger partial charge < -0.3 is 5.32 Å². The van der Waals surface area contributed by atoms with E-state index in [2.05, 4.69) is 53.5 Å². The second-order valence-corrected chi connectivity index (χ2v) is 7.09. The van der Waals surface area contributed by atoms with Gasteiger partial charge in [0, 0.05) is 32.1 Å². The van der Waals surface area contributed by atoms with Gasteiger partial charge in [0.25, 0.3) is 0 Å². The van der Waals surface area contributed by atoms with Crippen molar-refractivity contribution >= 4 is 5.91 Å².